The lowest BCUT2D eigenvalue weighted by Crippen LogP contribution is -2.29. The maximum atomic E-state index is 10.6. The van der Waals surface area contributed by atoms with Gasteiger partial charge in [-0.3, -0.25) is 0 Å². The summed E-state index contributed by atoms with van der Waals surface area (Å²) in [5, 5.41) is 10.6. The number of nitrogens with two attached hydrogens (primary N) is 1. The molecule has 0 radical (unpaired) electrons. The van der Waals surface area contributed by atoms with E-state index in [1.54, 1.807) is 0 Å². The molecule has 29 heavy (non-hydrogen) atoms. The standard InChI is InChI=1S/C22H26N6O/c1-27(2)16-9-7-8-15(14-16)20-26-18-19(23)24-17(25-21(18)28(20)3)10-13-22(29)11-5-4-6-12-22/h7-9,14,29H,4-6,11-12H2,1-3H3,(H2,23,24,25). The van der Waals surface area contributed by atoms with E-state index in [1.807, 2.05) is 48.8 Å². The highest BCUT2D eigenvalue weighted by molar-refractivity contribution is 5.86. The number of imidazole rings is 1. The maximum absolute atomic E-state index is 10.6. The van der Waals surface area contributed by atoms with E-state index >= 15 is 0 Å². The number of aromatic nitrogens is 4. The van der Waals surface area contributed by atoms with Crippen LogP contribution in [-0.2, 0) is 7.05 Å². The number of fused-ring (bicyclic) bond motifs is 1. The second-order valence-corrected chi connectivity index (χ2v) is 7.89. The van der Waals surface area contributed by atoms with Gasteiger partial charge in [-0.2, -0.15) is 0 Å². The van der Waals surface area contributed by atoms with Crippen LogP contribution in [0.4, 0.5) is 11.5 Å². The summed E-state index contributed by atoms with van der Waals surface area (Å²) in [6, 6.07) is 8.13. The zero-order chi connectivity index (χ0) is 20.6. The third kappa shape index (κ3) is 3.76. The van der Waals surface area contributed by atoms with E-state index in [1.165, 1.54) is 0 Å². The Kier molecular flexibility index (Phi) is 4.89. The van der Waals surface area contributed by atoms with Crippen LogP contribution in [0.25, 0.3) is 22.6 Å². The van der Waals surface area contributed by atoms with Crippen LogP contribution in [0.15, 0.2) is 24.3 Å². The summed E-state index contributed by atoms with van der Waals surface area (Å²) in [6.07, 6.45) is 4.51. The summed E-state index contributed by atoms with van der Waals surface area (Å²) >= 11 is 0. The van der Waals surface area contributed by atoms with Gasteiger partial charge in [-0.05, 0) is 43.7 Å². The topological polar surface area (TPSA) is 93.1 Å². The monoisotopic (exact) mass is 390 g/mol. The predicted molar refractivity (Wildman–Crippen MR) is 115 cm³/mol. The maximum Gasteiger partial charge on any atom is 0.209 e. The van der Waals surface area contributed by atoms with Crippen molar-refractivity contribution in [2.24, 2.45) is 7.05 Å². The van der Waals surface area contributed by atoms with Gasteiger partial charge in [0.1, 0.15) is 11.4 Å². The lowest BCUT2D eigenvalue weighted by Gasteiger charge is -2.26. The SMILES string of the molecule is CN(C)c1cccc(-c2nc3c(N)nc(C#CC4(O)CCCCC4)nc3n2C)c1. The number of hydrogen-bond acceptors (Lipinski definition) is 6. The van der Waals surface area contributed by atoms with E-state index in [9.17, 15) is 5.11 Å². The van der Waals surface area contributed by atoms with Crippen molar-refractivity contribution < 1.29 is 5.11 Å². The summed E-state index contributed by atoms with van der Waals surface area (Å²) in [4.78, 5) is 15.6. The van der Waals surface area contributed by atoms with Crippen LogP contribution in [0, 0.1) is 11.8 Å². The van der Waals surface area contributed by atoms with Crippen LogP contribution in [0.5, 0.6) is 0 Å². The summed E-state index contributed by atoms with van der Waals surface area (Å²) in [5.41, 5.74) is 8.46. The fraction of sp³-hybridized carbons (Fsp3) is 0.409. The molecule has 150 valence electrons. The first-order chi connectivity index (χ1) is 13.9. The summed E-state index contributed by atoms with van der Waals surface area (Å²) in [5.74, 6) is 7.28. The van der Waals surface area contributed by atoms with E-state index in [4.69, 9.17) is 5.73 Å². The number of hydrogen-bond donors (Lipinski definition) is 2. The fourth-order valence-corrected chi connectivity index (χ4v) is 3.75. The molecule has 0 bridgehead atoms. The molecular formula is C22H26N6O. The molecule has 4 rings (SSSR count). The van der Waals surface area contributed by atoms with Crippen molar-refractivity contribution in [2.45, 2.75) is 37.7 Å². The van der Waals surface area contributed by atoms with Crippen molar-refractivity contribution in [3.63, 3.8) is 0 Å². The number of aryl methyl sites for hydroxylation is 1. The average Bonchev–Trinajstić information content (AvgIpc) is 3.04. The van der Waals surface area contributed by atoms with Crippen molar-refractivity contribution in [2.75, 3.05) is 24.7 Å². The van der Waals surface area contributed by atoms with Gasteiger partial charge in [-0.25, -0.2) is 15.0 Å². The largest absolute Gasteiger partial charge is 0.382 e. The Morgan fingerprint density at radius 1 is 1.14 bits per heavy atom. The predicted octanol–water partition coefficient (Wildman–Crippen LogP) is 2.73. The van der Waals surface area contributed by atoms with E-state index in [-0.39, 0.29) is 0 Å². The Morgan fingerprint density at radius 3 is 2.62 bits per heavy atom. The molecule has 3 N–H and O–H groups in total. The van der Waals surface area contributed by atoms with Crippen LogP contribution in [-0.4, -0.2) is 44.3 Å². The average molecular weight is 390 g/mol. The first kappa shape index (κ1) is 19.2. The highest BCUT2D eigenvalue weighted by Gasteiger charge is 2.26. The van der Waals surface area contributed by atoms with Gasteiger partial charge in [0.25, 0.3) is 0 Å². The Balaban J connectivity index is 1.76. The molecule has 1 fully saturated rings. The lowest BCUT2D eigenvalue weighted by molar-refractivity contribution is 0.0610. The zero-order valence-electron chi connectivity index (χ0n) is 17.1. The zero-order valence-corrected chi connectivity index (χ0v) is 17.1. The number of nitrogen functional groups attached to an aromatic ring is 1. The Labute approximate surface area is 170 Å². The molecule has 0 amide bonds. The molecule has 0 unspecified atom stereocenters. The summed E-state index contributed by atoms with van der Waals surface area (Å²) in [7, 11) is 5.91. The first-order valence-electron chi connectivity index (χ1n) is 9.89. The highest BCUT2D eigenvalue weighted by atomic mass is 16.3. The number of rotatable bonds is 2. The normalized spacial score (nSPS) is 15.7. The number of nitrogens with zero attached hydrogens (tertiary/aromatic N) is 5. The van der Waals surface area contributed by atoms with Gasteiger partial charge in [0, 0.05) is 32.4 Å². The van der Waals surface area contributed by atoms with Crippen molar-refractivity contribution >= 4 is 22.7 Å². The molecule has 0 spiro atoms. The molecule has 1 aliphatic rings. The molecule has 0 atom stereocenters. The van der Waals surface area contributed by atoms with Gasteiger partial charge in [0.15, 0.2) is 17.0 Å². The Hall–Kier alpha value is -3.11. The second kappa shape index (κ2) is 7.37. The van der Waals surface area contributed by atoms with E-state index in [0.29, 0.717) is 35.6 Å². The van der Waals surface area contributed by atoms with Gasteiger partial charge in [0.05, 0.1) is 0 Å². The van der Waals surface area contributed by atoms with E-state index in [0.717, 1.165) is 36.3 Å². The molecule has 2 heterocycles. The van der Waals surface area contributed by atoms with E-state index < -0.39 is 5.60 Å². The molecule has 1 saturated carbocycles. The van der Waals surface area contributed by atoms with Crippen LogP contribution in [0.2, 0.25) is 0 Å². The molecule has 3 aromatic rings. The third-order valence-corrected chi connectivity index (χ3v) is 5.45. The third-order valence-electron chi connectivity index (χ3n) is 5.45. The molecule has 1 aromatic carbocycles. The number of benzene rings is 1. The number of aliphatic hydroxyl groups is 1. The Bertz CT molecular complexity index is 1120. The second-order valence-electron chi connectivity index (χ2n) is 7.89. The van der Waals surface area contributed by atoms with E-state index in [2.05, 4.69) is 32.9 Å². The minimum absolute atomic E-state index is 0.292. The summed E-state index contributed by atoms with van der Waals surface area (Å²) < 4.78 is 1.91. The van der Waals surface area contributed by atoms with Gasteiger partial charge in [-0.15, -0.1) is 0 Å². The van der Waals surface area contributed by atoms with Gasteiger partial charge < -0.3 is 20.3 Å². The lowest BCUT2D eigenvalue weighted by atomic mass is 9.85. The molecule has 1 aliphatic carbocycles. The fourth-order valence-electron chi connectivity index (χ4n) is 3.75. The van der Waals surface area contributed by atoms with Gasteiger partial charge >= 0.3 is 0 Å². The highest BCUT2D eigenvalue weighted by Crippen LogP contribution is 2.29. The van der Waals surface area contributed by atoms with Gasteiger partial charge in [-0.1, -0.05) is 24.5 Å². The van der Waals surface area contributed by atoms with Gasteiger partial charge in [0.2, 0.25) is 5.82 Å². The molecule has 7 heteroatoms. The van der Waals surface area contributed by atoms with Crippen molar-refractivity contribution in [3.05, 3.63) is 30.1 Å². The molecule has 2 aromatic heterocycles. The van der Waals surface area contributed by atoms with Crippen LogP contribution in [0.1, 0.15) is 37.9 Å². The smallest absolute Gasteiger partial charge is 0.209 e. The Morgan fingerprint density at radius 2 is 1.90 bits per heavy atom. The molecule has 0 saturated heterocycles. The van der Waals surface area contributed by atoms with Crippen molar-refractivity contribution in [1.29, 1.82) is 0 Å². The molecule has 7 nitrogen and oxygen atoms in total. The molecule has 0 aliphatic heterocycles. The number of anilines is 2. The summed E-state index contributed by atoms with van der Waals surface area (Å²) in [6.45, 7) is 0. The minimum atomic E-state index is -0.949. The van der Waals surface area contributed by atoms with Crippen LogP contribution >= 0.6 is 0 Å². The van der Waals surface area contributed by atoms with Crippen molar-refractivity contribution in [3.8, 4) is 23.2 Å². The molecular weight excluding hydrogens is 364 g/mol. The minimum Gasteiger partial charge on any atom is -0.382 e. The first-order valence-corrected chi connectivity index (χ1v) is 9.89. The van der Waals surface area contributed by atoms with Crippen LogP contribution < -0.4 is 10.6 Å². The van der Waals surface area contributed by atoms with Crippen molar-refractivity contribution in [1.82, 2.24) is 19.5 Å². The quantitative estimate of drug-likeness (QED) is 0.654. The van der Waals surface area contributed by atoms with Crippen LogP contribution in [0.3, 0.4) is 0 Å².